The van der Waals surface area contributed by atoms with Crippen LogP contribution in [0.3, 0.4) is 0 Å². The second-order valence-corrected chi connectivity index (χ2v) is 19.9. The number of nitrogens with one attached hydrogen (secondary N) is 10. The minimum atomic E-state index is -1.59. The first-order valence-corrected chi connectivity index (χ1v) is 27.1. The molecule has 1 saturated heterocycles. The first-order valence-electron chi connectivity index (χ1n) is 27.1. The molecule has 2 aromatic heterocycles. The number of aliphatic carboxylic acids is 1. The summed E-state index contributed by atoms with van der Waals surface area (Å²) < 4.78 is 0. The number of carboxylic acid groups (broad SMARTS) is 1. The number of rotatable bonds is 17. The van der Waals surface area contributed by atoms with Gasteiger partial charge in [-0.05, 0) is 66.5 Å². The molecule has 5 aromatic rings. The quantitative estimate of drug-likeness (QED) is 0.0331. The molecule has 17 N–H and O–H groups in total. The van der Waals surface area contributed by atoms with Crippen molar-refractivity contribution in [1.29, 1.82) is 0 Å². The molecule has 9 amide bonds. The molecule has 0 spiro atoms. The van der Waals surface area contributed by atoms with Crippen molar-refractivity contribution in [2.75, 3.05) is 13.1 Å². The van der Waals surface area contributed by atoms with Crippen molar-refractivity contribution in [2.24, 2.45) is 22.2 Å². The fourth-order valence-corrected chi connectivity index (χ4v) is 9.15. The van der Waals surface area contributed by atoms with Crippen molar-refractivity contribution < 1.29 is 53.1 Å². The minimum absolute atomic E-state index is 0.0366. The third-order valence-corrected chi connectivity index (χ3v) is 13.3. The van der Waals surface area contributed by atoms with Crippen LogP contribution in [0.1, 0.15) is 95.4 Å². The smallest absolute Gasteiger partial charge is 0.300 e. The molecule has 7 unspecified atom stereocenters. The number of unbranched alkanes of at least 4 members (excludes halogenated alkanes) is 1. The summed E-state index contributed by atoms with van der Waals surface area (Å²) in [5.74, 6) is -7.96. The third-order valence-electron chi connectivity index (χ3n) is 13.3. The zero-order valence-corrected chi connectivity index (χ0v) is 46.2. The van der Waals surface area contributed by atoms with E-state index in [4.69, 9.17) is 27.1 Å². The fourth-order valence-electron chi connectivity index (χ4n) is 9.15. The molecule has 26 nitrogen and oxygen atoms in total. The molecule has 0 radical (unpaired) electrons. The number of para-hydroxylation sites is 1. The summed E-state index contributed by atoms with van der Waals surface area (Å²) in [7, 11) is 0. The van der Waals surface area contributed by atoms with Crippen LogP contribution in [-0.4, -0.2) is 141 Å². The Bertz CT molecular complexity index is 3050. The van der Waals surface area contributed by atoms with E-state index >= 15 is 0 Å². The summed E-state index contributed by atoms with van der Waals surface area (Å²) in [5, 5.41) is 31.7. The van der Waals surface area contributed by atoms with Crippen LogP contribution < -0.4 is 59.7 Å². The highest BCUT2D eigenvalue weighted by molar-refractivity contribution is 5.99. The number of H-pyrrole nitrogens is 2. The number of carboxylic acids is 1. The van der Waals surface area contributed by atoms with E-state index in [1.54, 1.807) is 12.3 Å². The van der Waals surface area contributed by atoms with Gasteiger partial charge in [-0.3, -0.25) is 52.9 Å². The fraction of sp³-hybridized carbons (Fsp3) is 0.429. The number of carbonyl (C=O) groups is 10. The number of aromatic nitrogens is 3. The van der Waals surface area contributed by atoms with Crippen LogP contribution >= 0.6 is 0 Å². The lowest BCUT2D eigenvalue weighted by molar-refractivity contribution is -0.136. The third kappa shape index (κ3) is 20.7. The predicted octanol–water partition coefficient (Wildman–Crippen LogP) is -0.00420. The average Bonchev–Trinajstić information content (AvgIpc) is 4.28. The number of nitrogens with zero attached hydrogens (tertiary/aromatic N) is 2. The van der Waals surface area contributed by atoms with Crippen molar-refractivity contribution in [3.8, 4) is 0 Å². The number of aliphatic imine (C=N–C) groups is 1. The molecule has 3 aromatic carbocycles. The summed E-state index contributed by atoms with van der Waals surface area (Å²) >= 11 is 0. The molecule has 0 aliphatic carbocycles. The van der Waals surface area contributed by atoms with Crippen molar-refractivity contribution >= 4 is 86.8 Å². The zero-order chi connectivity index (χ0) is 59.7. The number of hydrogen-bond donors (Lipinski definition) is 14. The molecule has 82 heavy (non-hydrogen) atoms. The van der Waals surface area contributed by atoms with E-state index < -0.39 is 108 Å². The molecule has 0 bridgehead atoms. The van der Waals surface area contributed by atoms with Crippen molar-refractivity contribution in [3.63, 3.8) is 0 Å². The van der Waals surface area contributed by atoms with E-state index in [2.05, 4.69) is 62.5 Å². The van der Waals surface area contributed by atoms with Crippen molar-refractivity contribution in [2.45, 2.75) is 140 Å². The Morgan fingerprint density at radius 2 is 1.38 bits per heavy atom. The van der Waals surface area contributed by atoms with Gasteiger partial charge in [0.25, 0.3) is 5.97 Å². The molecule has 7 atom stereocenters. The van der Waals surface area contributed by atoms with Gasteiger partial charge in [0.15, 0.2) is 5.96 Å². The van der Waals surface area contributed by atoms with E-state index in [1.807, 2.05) is 67.6 Å². The topological polar surface area (TPSA) is 422 Å². The summed E-state index contributed by atoms with van der Waals surface area (Å²) in [6.07, 6.45) is 5.65. The first-order chi connectivity index (χ1) is 39.2. The Kier molecular flexibility index (Phi) is 24.8. The van der Waals surface area contributed by atoms with Gasteiger partial charge in [0.05, 0.1) is 12.7 Å². The first kappa shape index (κ1) is 63.5. The van der Waals surface area contributed by atoms with Crippen molar-refractivity contribution in [3.05, 3.63) is 102 Å². The lowest BCUT2D eigenvalue weighted by Gasteiger charge is -2.28. The van der Waals surface area contributed by atoms with Gasteiger partial charge in [0.1, 0.15) is 42.3 Å². The van der Waals surface area contributed by atoms with Gasteiger partial charge in [-0.1, -0.05) is 80.4 Å². The van der Waals surface area contributed by atoms with Gasteiger partial charge in [-0.2, -0.15) is 0 Å². The standard InChI is InChI=1S/C54H71N15O9.C2H4O2/c1-3-4-15-40(63-31(2)70)48(73)69-45-27-46(71)59-21-10-9-17-39(47(55)72)64-51(76)43(25-35-28-61-38-16-8-7-14-37(35)38)67-49(74)41(18-11-22-60-54(56)57)65-50(75)42(24-32-19-20-33-12-5-6-13-34(33)23-32)66-52(77)44(68-53(45)78)26-36-29-58-30-62-36;1-2(3)4/h5-8,12-14,16,19-20,23,28-30,39-45,61H,3-4,9-11,15,17-18,21-22,24-27H2,1-2H3,(H2,55,72)(H,58,62)(H,59,71)(H,63,70)(H,64,76)(H,65,75)(H,66,77)(H,67,74)(H,68,78)(H,69,73)(H4,56,57,60);1H3,(H,3,4). The Labute approximate surface area is 473 Å². The Balaban J connectivity index is 0.00000298. The molecule has 440 valence electrons. The molecular weight excluding hydrogens is 1060 g/mol. The molecular formula is C56H75N15O11. The molecule has 0 saturated carbocycles. The maximum Gasteiger partial charge on any atom is 0.300 e. The molecule has 1 aliphatic rings. The monoisotopic (exact) mass is 1130 g/mol. The number of aromatic amines is 2. The summed E-state index contributed by atoms with van der Waals surface area (Å²) in [4.78, 5) is 149. The van der Waals surface area contributed by atoms with Crippen LogP contribution in [0, 0.1) is 0 Å². The van der Waals surface area contributed by atoms with Crippen LogP contribution in [0.2, 0.25) is 0 Å². The average molecular weight is 1130 g/mol. The Morgan fingerprint density at radius 1 is 0.744 bits per heavy atom. The SMILES string of the molecule is CC(=O)O.CCCCC(NC(C)=O)C(=O)NC1CC(=O)NCCCCC(C(N)=O)NC(=O)C(Cc2c[nH]c3ccccc23)NC(=O)C(CCCN=C(N)N)NC(=O)C(Cc2ccc3ccccc3c2)NC(=O)C(Cc2cnc[nH]2)NC1=O. The number of carbonyl (C=O) groups excluding carboxylic acids is 9. The molecule has 1 aliphatic heterocycles. The van der Waals surface area contributed by atoms with Crippen LogP contribution in [0.15, 0.2) is 90.4 Å². The molecule has 6 rings (SSSR count). The Hall–Kier alpha value is -9.36. The molecule has 26 heteroatoms. The molecule has 1 fully saturated rings. The van der Waals surface area contributed by atoms with Crippen LogP contribution in [-0.2, 0) is 67.2 Å². The number of amides is 9. The van der Waals surface area contributed by atoms with E-state index in [-0.39, 0.29) is 76.8 Å². The maximum atomic E-state index is 15.0. The van der Waals surface area contributed by atoms with Crippen LogP contribution in [0.25, 0.3) is 21.7 Å². The van der Waals surface area contributed by atoms with E-state index in [0.29, 0.717) is 29.7 Å². The zero-order valence-electron chi connectivity index (χ0n) is 46.2. The maximum absolute atomic E-state index is 15.0. The number of benzene rings is 3. The largest absolute Gasteiger partial charge is 0.481 e. The summed E-state index contributed by atoms with van der Waals surface area (Å²) in [6.45, 7) is 4.33. The second-order valence-electron chi connectivity index (χ2n) is 19.9. The number of nitrogens with two attached hydrogens (primary N) is 3. The predicted molar refractivity (Wildman–Crippen MR) is 305 cm³/mol. The van der Waals surface area contributed by atoms with Gasteiger partial charge in [0.2, 0.25) is 53.2 Å². The normalized spacial score (nSPS) is 20.2. The lowest BCUT2D eigenvalue weighted by atomic mass is 9.99. The van der Waals surface area contributed by atoms with E-state index in [1.165, 1.54) is 19.4 Å². The number of primary amides is 1. The number of imidazole rings is 1. The second kappa shape index (κ2) is 32.0. The highest BCUT2D eigenvalue weighted by atomic mass is 16.4. The van der Waals surface area contributed by atoms with Gasteiger partial charge in [-0.25, -0.2) is 4.98 Å². The minimum Gasteiger partial charge on any atom is -0.481 e. The highest BCUT2D eigenvalue weighted by Crippen LogP contribution is 2.21. The summed E-state index contributed by atoms with van der Waals surface area (Å²) in [6, 6.07) is 10.9. The van der Waals surface area contributed by atoms with Gasteiger partial charge < -0.3 is 74.8 Å². The number of fused-ring (bicyclic) bond motifs is 2. The lowest BCUT2D eigenvalue weighted by Crippen LogP contribution is -2.61. The molecule has 3 heterocycles. The van der Waals surface area contributed by atoms with Gasteiger partial charge in [0, 0.05) is 75.2 Å². The highest BCUT2D eigenvalue weighted by Gasteiger charge is 2.35. The Morgan fingerprint density at radius 3 is 2.05 bits per heavy atom. The van der Waals surface area contributed by atoms with Crippen molar-refractivity contribution in [1.82, 2.24) is 57.5 Å². The number of hydrogen-bond acceptors (Lipinski definition) is 12. The van der Waals surface area contributed by atoms with Crippen LogP contribution in [0.5, 0.6) is 0 Å². The summed E-state index contributed by atoms with van der Waals surface area (Å²) in [5.41, 5.74) is 19.5. The van der Waals surface area contributed by atoms with Crippen LogP contribution in [0.4, 0.5) is 0 Å². The number of guanidine groups is 1. The van der Waals surface area contributed by atoms with E-state index in [9.17, 15) is 43.2 Å². The van der Waals surface area contributed by atoms with Gasteiger partial charge in [-0.15, -0.1) is 0 Å². The van der Waals surface area contributed by atoms with E-state index in [0.717, 1.165) is 28.6 Å². The van der Waals surface area contributed by atoms with Gasteiger partial charge >= 0.3 is 0 Å².